The van der Waals surface area contributed by atoms with Gasteiger partial charge in [-0.2, -0.15) is 12.6 Å². The van der Waals surface area contributed by atoms with Gasteiger partial charge in [-0.05, 0) is 18.6 Å². The number of rotatable bonds is 3. The average molecular weight is 116 g/mol. The maximum Gasteiger partial charge on any atom is -0.00607 e. The molecule has 0 aliphatic heterocycles. The summed E-state index contributed by atoms with van der Waals surface area (Å²) in [5.74, 6) is 0.937. The van der Waals surface area contributed by atoms with Crippen molar-refractivity contribution in [2.45, 2.75) is 19.8 Å². The molecule has 0 aromatic heterocycles. The molecule has 7 heavy (non-hydrogen) atoms. The van der Waals surface area contributed by atoms with E-state index in [2.05, 4.69) is 26.1 Å². The SMILES string of the molecule is C=C(CC)CCS. The zero-order valence-corrected chi connectivity index (χ0v) is 5.67. The molecule has 0 unspecified atom stereocenters. The zero-order valence-electron chi connectivity index (χ0n) is 4.78. The Morgan fingerprint density at radius 3 is 2.43 bits per heavy atom. The maximum absolute atomic E-state index is 4.05. The summed E-state index contributed by atoms with van der Waals surface area (Å²) in [4.78, 5) is 0. The molecule has 0 spiro atoms. The summed E-state index contributed by atoms with van der Waals surface area (Å²) in [6.45, 7) is 5.93. The van der Waals surface area contributed by atoms with E-state index in [0.29, 0.717) is 0 Å². The van der Waals surface area contributed by atoms with Gasteiger partial charge in [-0.1, -0.05) is 19.1 Å². The second-order valence-corrected chi connectivity index (χ2v) is 2.02. The lowest BCUT2D eigenvalue weighted by Crippen LogP contribution is -1.77. The first-order valence-electron chi connectivity index (χ1n) is 2.58. The third-order valence-corrected chi connectivity index (χ3v) is 1.19. The van der Waals surface area contributed by atoms with Crippen LogP contribution in [0.5, 0.6) is 0 Å². The van der Waals surface area contributed by atoms with Crippen LogP contribution in [0.1, 0.15) is 19.8 Å². The normalized spacial score (nSPS) is 8.86. The molecule has 0 N–H and O–H groups in total. The van der Waals surface area contributed by atoms with Crippen molar-refractivity contribution in [2.24, 2.45) is 0 Å². The van der Waals surface area contributed by atoms with Crippen molar-refractivity contribution in [3.63, 3.8) is 0 Å². The third-order valence-electron chi connectivity index (χ3n) is 0.965. The van der Waals surface area contributed by atoms with Gasteiger partial charge in [0.05, 0.1) is 0 Å². The van der Waals surface area contributed by atoms with E-state index in [1.54, 1.807) is 0 Å². The fourth-order valence-corrected chi connectivity index (χ4v) is 0.651. The van der Waals surface area contributed by atoms with Gasteiger partial charge in [-0.15, -0.1) is 0 Å². The molecule has 0 bridgehead atoms. The largest absolute Gasteiger partial charge is 0.179 e. The molecule has 0 radical (unpaired) electrons. The van der Waals surface area contributed by atoms with Crippen LogP contribution in [0.2, 0.25) is 0 Å². The van der Waals surface area contributed by atoms with Crippen LogP contribution in [-0.2, 0) is 0 Å². The molecule has 0 nitrogen and oxygen atoms in total. The van der Waals surface area contributed by atoms with E-state index in [0.717, 1.165) is 18.6 Å². The van der Waals surface area contributed by atoms with Crippen LogP contribution in [0.15, 0.2) is 12.2 Å². The smallest absolute Gasteiger partial charge is 0.00607 e. The highest BCUT2D eigenvalue weighted by atomic mass is 32.1. The minimum Gasteiger partial charge on any atom is -0.179 e. The van der Waals surface area contributed by atoms with Crippen molar-refractivity contribution in [1.29, 1.82) is 0 Å². The minimum absolute atomic E-state index is 0.937. The van der Waals surface area contributed by atoms with Crippen LogP contribution in [0.25, 0.3) is 0 Å². The van der Waals surface area contributed by atoms with Crippen LogP contribution in [0.3, 0.4) is 0 Å². The standard InChI is InChI=1S/C6H12S/c1-3-6(2)4-5-7/h7H,2-5H2,1H3. The lowest BCUT2D eigenvalue weighted by molar-refractivity contribution is 0.997. The van der Waals surface area contributed by atoms with E-state index in [9.17, 15) is 0 Å². The van der Waals surface area contributed by atoms with E-state index in [-0.39, 0.29) is 0 Å². The summed E-state index contributed by atoms with van der Waals surface area (Å²) in [6.07, 6.45) is 2.17. The van der Waals surface area contributed by atoms with Crippen LogP contribution >= 0.6 is 12.6 Å². The van der Waals surface area contributed by atoms with Crippen molar-refractivity contribution in [1.82, 2.24) is 0 Å². The number of allylic oxidation sites excluding steroid dienone is 1. The number of thiol groups is 1. The van der Waals surface area contributed by atoms with Gasteiger partial charge in [-0.25, -0.2) is 0 Å². The second-order valence-electron chi connectivity index (χ2n) is 1.58. The Labute approximate surface area is 51.0 Å². The molecule has 0 heterocycles. The second kappa shape index (κ2) is 4.25. The molecule has 0 atom stereocenters. The van der Waals surface area contributed by atoms with Gasteiger partial charge in [-0.3, -0.25) is 0 Å². The molecule has 0 aromatic carbocycles. The fraction of sp³-hybridized carbons (Fsp3) is 0.667. The Balaban J connectivity index is 3.00. The Kier molecular flexibility index (Phi) is 4.31. The van der Waals surface area contributed by atoms with E-state index < -0.39 is 0 Å². The number of hydrogen-bond acceptors (Lipinski definition) is 1. The van der Waals surface area contributed by atoms with Gasteiger partial charge in [0.25, 0.3) is 0 Å². The quantitative estimate of drug-likeness (QED) is 0.424. The van der Waals surface area contributed by atoms with E-state index in [1.807, 2.05) is 0 Å². The van der Waals surface area contributed by atoms with Gasteiger partial charge in [0.15, 0.2) is 0 Å². The van der Waals surface area contributed by atoms with Crippen LogP contribution in [0, 0.1) is 0 Å². The Morgan fingerprint density at radius 2 is 2.29 bits per heavy atom. The topological polar surface area (TPSA) is 0 Å². The molecule has 0 saturated carbocycles. The van der Waals surface area contributed by atoms with Crippen LogP contribution in [-0.4, -0.2) is 5.75 Å². The predicted octanol–water partition coefficient (Wildman–Crippen LogP) is 2.27. The van der Waals surface area contributed by atoms with Gasteiger partial charge >= 0.3 is 0 Å². The molecule has 42 valence electrons. The lowest BCUT2D eigenvalue weighted by atomic mass is 10.2. The van der Waals surface area contributed by atoms with Gasteiger partial charge in [0.1, 0.15) is 0 Å². The van der Waals surface area contributed by atoms with E-state index in [4.69, 9.17) is 0 Å². The summed E-state index contributed by atoms with van der Waals surface area (Å²) in [7, 11) is 0. The van der Waals surface area contributed by atoms with Crippen molar-refractivity contribution in [3.05, 3.63) is 12.2 Å². The monoisotopic (exact) mass is 116 g/mol. The summed E-state index contributed by atoms with van der Waals surface area (Å²) < 4.78 is 0. The molecule has 0 amide bonds. The first-order chi connectivity index (χ1) is 3.31. The van der Waals surface area contributed by atoms with Gasteiger partial charge in [0.2, 0.25) is 0 Å². The summed E-state index contributed by atoms with van der Waals surface area (Å²) in [5, 5.41) is 0. The highest BCUT2D eigenvalue weighted by Gasteiger charge is 1.83. The van der Waals surface area contributed by atoms with Crippen molar-refractivity contribution >= 4 is 12.6 Å². The van der Waals surface area contributed by atoms with E-state index >= 15 is 0 Å². The van der Waals surface area contributed by atoms with Crippen molar-refractivity contribution < 1.29 is 0 Å². The van der Waals surface area contributed by atoms with E-state index in [1.165, 1.54) is 5.57 Å². The predicted molar refractivity (Wildman–Crippen MR) is 37.9 cm³/mol. The summed E-state index contributed by atoms with van der Waals surface area (Å²) in [5.41, 5.74) is 1.30. The highest BCUT2D eigenvalue weighted by molar-refractivity contribution is 7.80. The first kappa shape index (κ1) is 7.09. The molecule has 1 heteroatoms. The molecular formula is C6H12S. The number of hydrogen-bond donors (Lipinski definition) is 1. The zero-order chi connectivity index (χ0) is 5.70. The lowest BCUT2D eigenvalue weighted by Gasteiger charge is -1.93. The molecule has 0 saturated heterocycles. The Hall–Kier alpha value is 0.0900. The van der Waals surface area contributed by atoms with Gasteiger partial charge < -0.3 is 0 Å². The average Bonchev–Trinajstić information content (AvgIpc) is 1.68. The molecule has 0 aromatic rings. The fourth-order valence-electron chi connectivity index (χ4n) is 0.335. The molecule has 0 rings (SSSR count). The third kappa shape index (κ3) is 3.93. The van der Waals surface area contributed by atoms with Gasteiger partial charge in [0, 0.05) is 0 Å². The first-order valence-corrected chi connectivity index (χ1v) is 3.22. The highest BCUT2D eigenvalue weighted by Crippen LogP contribution is 2.02. The molecule has 0 aliphatic carbocycles. The minimum atomic E-state index is 0.937. The molecule has 0 fully saturated rings. The molecular weight excluding hydrogens is 104 g/mol. The van der Waals surface area contributed by atoms with Crippen LogP contribution in [0.4, 0.5) is 0 Å². The Bertz CT molecular complexity index is 57.2. The summed E-state index contributed by atoms with van der Waals surface area (Å²) in [6, 6.07) is 0. The Morgan fingerprint density at radius 1 is 1.71 bits per heavy atom. The van der Waals surface area contributed by atoms with Crippen molar-refractivity contribution in [2.75, 3.05) is 5.75 Å². The molecule has 0 aliphatic rings. The van der Waals surface area contributed by atoms with Crippen LogP contribution < -0.4 is 0 Å². The van der Waals surface area contributed by atoms with Crippen molar-refractivity contribution in [3.8, 4) is 0 Å². The maximum atomic E-state index is 4.05. The summed E-state index contributed by atoms with van der Waals surface area (Å²) >= 11 is 4.05.